The third-order valence-corrected chi connectivity index (χ3v) is 5.25. The number of hydrogen-bond acceptors (Lipinski definition) is 3. The first-order valence-corrected chi connectivity index (χ1v) is 10.1. The van der Waals surface area contributed by atoms with E-state index >= 15 is 0 Å². The molecule has 0 unspecified atom stereocenters. The maximum Gasteiger partial charge on any atom is 0.123 e. The van der Waals surface area contributed by atoms with Crippen molar-refractivity contribution in [2.24, 2.45) is 0 Å². The van der Waals surface area contributed by atoms with E-state index in [1.807, 2.05) is 30.6 Å². The molecule has 2 aromatic carbocycles. The summed E-state index contributed by atoms with van der Waals surface area (Å²) in [5.74, 6) is -0.234. The molecule has 2 aromatic heterocycles. The first kappa shape index (κ1) is 19.8. The lowest BCUT2D eigenvalue weighted by Crippen LogP contribution is -2.15. The third-order valence-electron chi connectivity index (χ3n) is 5.25. The van der Waals surface area contributed by atoms with Crippen molar-refractivity contribution in [1.82, 2.24) is 15.3 Å². The summed E-state index contributed by atoms with van der Waals surface area (Å²) in [5.41, 5.74) is 6.10. The maximum absolute atomic E-state index is 13.1. The standard InChI is InChI=1S/C25H23FN4/c26-23-7-5-20(6-8-23)22-11-19(15-29-16-22)14-28-10-2-1-3-21-17-30-25-9-4-18(13-27)12-24(21)25/h4-9,11-12,15-17,28,30H,1-3,10,14H2. The van der Waals surface area contributed by atoms with Crippen molar-refractivity contribution in [3.63, 3.8) is 0 Å². The first-order valence-electron chi connectivity index (χ1n) is 10.1. The van der Waals surface area contributed by atoms with E-state index in [4.69, 9.17) is 5.26 Å². The second kappa shape index (κ2) is 9.34. The molecule has 4 nitrogen and oxygen atoms in total. The van der Waals surface area contributed by atoms with Crippen LogP contribution in [0.15, 0.2) is 67.1 Å². The normalized spacial score (nSPS) is 10.9. The van der Waals surface area contributed by atoms with E-state index in [0.29, 0.717) is 5.56 Å². The minimum Gasteiger partial charge on any atom is -0.361 e. The molecule has 0 spiro atoms. The molecule has 30 heavy (non-hydrogen) atoms. The number of nitriles is 1. The Morgan fingerprint density at radius 3 is 2.70 bits per heavy atom. The van der Waals surface area contributed by atoms with E-state index in [9.17, 15) is 4.39 Å². The number of nitrogens with zero attached hydrogens (tertiary/aromatic N) is 2. The fourth-order valence-corrected chi connectivity index (χ4v) is 3.64. The van der Waals surface area contributed by atoms with Crippen molar-refractivity contribution < 1.29 is 4.39 Å². The van der Waals surface area contributed by atoms with Crippen molar-refractivity contribution in [2.45, 2.75) is 25.8 Å². The molecule has 0 amide bonds. The highest BCUT2D eigenvalue weighted by Gasteiger charge is 2.05. The molecule has 2 heterocycles. The summed E-state index contributed by atoms with van der Waals surface area (Å²) in [6.07, 6.45) is 8.83. The Hall–Kier alpha value is -3.49. The molecule has 4 aromatic rings. The Morgan fingerprint density at radius 2 is 1.87 bits per heavy atom. The molecular weight excluding hydrogens is 375 g/mol. The summed E-state index contributed by atoms with van der Waals surface area (Å²) < 4.78 is 13.1. The number of unbranched alkanes of at least 4 members (excludes halogenated alkanes) is 1. The van der Waals surface area contributed by atoms with Crippen molar-refractivity contribution in [2.75, 3.05) is 6.54 Å². The van der Waals surface area contributed by atoms with Gasteiger partial charge in [0.15, 0.2) is 0 Å². The van der Waals surface area contributed by atoms with Gasteiger partial charge in [-0.15, -0.1) is 0 Å². The molecule has 0 aliphatic carbocycles. The van der Waals surface area contributed by atoms with Crippen LogP contribution in [0.3, 0.4) is 0 Å². The Kier molecular flexibility index (Phi) is 6.17. The van der Waals surface area contributed by atoms with Gasteiger partial charge in [0, 0.05) is 41.6 Å². The Balaban J connectivity index is 1.25. The average Bonchev–Trinajstić information content (AvgIpc) is 3.19. The predicted octanol–water partition coefficient (Wildman–Crippen LogP) is 5.35. The predicted molar refractivity (Wildman–Crippen MR) is 117 cm³/mol. The zero-order valence-corrected chi connectivity index (χ0v) is 16.7. The summed E-state index contributed by atoms with van der Waals surface area (Å²) in [4.78, 5) is 7.60. The number of rotatable bonds is 8. The molecule has 0 aliphatic rings. The van der Waals surface area contributed by atoms with E-state index in [0.717, 1.165) is 59.9 Å². The van der Waals surface area contributed by atoms with Gasteiger partial charge in [0.25, 0.3) is 0 Å². The van der Waals surface area contributed by atoms with Gasteiger partial charge >= 0.3 is 0 Å². The summed E-state index contributed by atoms with van der Waals surface area (Å²) in [6, 6.07) is 16.5. The van der Waals surface area contributed by atoms with Gasteiger partial charge in [-0.25, -0.2) is 4.39 Å². The van der Waals surface area contributed by atoms with Crippen molar-refractivity contribution in [3.05, 3.63) is 89.6 Å². The second-order valence-corrected chi connectivity index (χ2v) is 7.41. The quantitative estimate of drug-likeness (QED) is 0.393. The third kappa shape index (κ3) is 4.73. The maximum atomic E-state index is 13.1. The van der Waals surface area contributed by atoms with Gasteiger partial charge in [-0.2, -0.15) is 5.26 Å². The number of halogens is 1. The number of aromatic nitrogens is 2. The fourth-order valence-electron chi connectivity index (χ4n) is 3.64. The zero-order chi connectivity index (χ0) is 20.8. The highest BCUT2D eigenvalue weighted by molar-refractivity contribution is 5.84. The van der Waals surface area contributed by atoms with Crippen LogP contribution in [0.5, 0.6) is 0 Å². The van der Waals surface area contributed by atoms with Crippen LogP contribution in [0.1, 0.15) is 29.5 Å². The molecule has 0 atom stereocenters. The largest absolute Gasteiger partial charge is 0.361 e. The molecule has 150 valence electrons. The number of aryl methyl sites for hydroxylation is 1. The van der Waals surface area contributed by atoms with Crippen LogP contribution in [0.2, 0.25) is 0 Å². The number of pyridine rings is 1. The van der Waals surface area contributed by atoms with Crippen LogP contribution >= 0.6 is 0 Å². The lowest BCUT2D eigenvalue weighted by atomic mass is 10.1. The average molecular weight is 398 g/mol. The summed E-state index contributed by atoms with van der Waals surface area (Å²) in [7, 11) is 0. The molecule has 0 saturated heterocycles. The molecule has 2 N–H and O–H groups in total. The van der Waals surface area contributed by atoms with E-state index in [1.54, 1.807) is 18.3 Å². The molecule has 0 fully saturated rings. The molecule has 0 aliphatic heterocycles. The fraction of sp³-hybridized carbons (Fsp3) is 0.200. The summed E-state index contributed by atoms with van der Waals surface area (Å²) in [6.45, 7) is 1.67. The van der Waals surface area contributed by atoms with E-state index in [-0.39, 0.29) is 5.82 Å². The topological polar surface area (TPSA) is 64.5 Å². The number of hydrogen-bond donors (Lipinski definition) is 2. The van der Waals surface area contributed by atoms with Gasteiger partial charge in [0.1, 0.15) is 5.82 Å². The Bertz CT molecular complexity index is 1170. The lowest BCUT2D eigenvalue weighted by Gasteiger charge is -2.07. The van der Waals surface area contributed by atoms with Crippen molar-refractivity contribution in [3.8, 4) is 17.2 Å². The van der Waals surface area contributed by atoms with Crippen LogP contribution in [-0.2, 0) is 13.0 Å². The van der Waals surface area contributed by atoms with Gasteiger partial charge in [-0.05, 0) is 78.9 Å². The summed E-state index contributed by atoms with van der Waals surface area (Å²) >= 11 is 0. The van der Waals surface area contributed by atoms with Crippen LogP contribution in [0.4, 0.5) is 4.39 Å². The minimum absolute atomic E-state index is 0.234. The van der Waals surface area contributed by atoms with Gasteiger partial charge in [-0.1, -0.05) is 12.1 Å². The van der Waals surface area contributed by atoms with Crippen LogP contribution in [0, 0.1) is 17.1 Å². The SMILES string of the molecule is N#Cc1ccc2[nH]cc(CCCCNCc3cncc(-c4ccc(F)cc4)c3)c2c1. The molecule has 0 saturated carbocycles. The molecule has 5 heteroatoms. The highest BCUT2D eigenvalue weighted by Crippen LogP contribution is 2.22. The Morgan fingerprint density at radius 1 is 1.00 bits per heavy atom. The molecular formula is C25H23FN4. The second-order valence-electron chi connectivity index (χ2n) is 7.41. The number of aromatic amines is 1. The first-order chi connectivity index (χ1) is 14.7. The number of nitrogens with one attached hydrogen (secondary N) is 2. The molecule has 0 bridgehead atoms. The van der Waals surface area contributed by atoms with Gasteiger partial charge in [0.2, 0.25) is 0 Å². The minimum atomic E-state index is -0.234. The van der Waals surface area contributed by atoms with Crippen LogP contribution < -0.4 is 5.32 Å². The smallest absolute Gasteiger partial charge is 0.123 e. The Labute approximate surface area is 175 Å². The molecule has 4 rings (SSSR count). The van der Waals surface area contributed by atoms with Crippen LogP contribution in [-0.4, -0.2) is 16.5 Å². The number of fused-ring (bicyclic) bond motifs is 1. The summed E-state index contributed by atoms with van der Waals surface area (Å²) in [5, 5.41) is 13.7. The van der Waals surface area contributed by atoms with E-state index < -0.39 is 0 Å². The number of benzene rings is 2. The van der Waals surface area contributed by atoms with Gasteiger partial charge in [0.05, 0.1) is 11.6 Å². The lowest BCUT2D eigenvalue weighted by molar-refractivity contribution is 0.623. The van der Waals surface area contributed by atoms with Crippen molar-refractivity contribution in [1.29, 1.82) is 5.26 Å². The monoisotopic (exact) mass is 398 g/mol. The molecule has 0 radical (unpaired) electrons. The van der Waals surface area contributed by atoms with Crippen molar-refractivity contribution >= 4 is 10.9 Å². The number of H-pyrrole nitrogens is 1. The zero-order valence-electron chi connectivity index (χ0n) is 16.7. The van der Waals surface area contributed by atoms with Crippen LogP contribution in [0.25, 0.3) is 22.0 Å². The highest BCUT2D eigenvalue weighted by atomic mass is 19.1. The van der Waals surface area contributed by atoms with Gasteiger partial charge < -0.3 is 10.3 Å². The van der Waals surface area contributed by atoms with E-state index in [2.05, 4.69) is 27.4 Å². The van der Waals surface area contributed by atoms with E-state index in [1.165, 1.54) is 17.7 Å². The van der Waals surface area contributed by atoms with Gasteiger partial charge in [-0.3, -0.25) is 4.98 Å².